The van der Waals surface area contributed by atoms with E-state index in [0.29, 0.717) is 0 Å². The molecule has 0 fully saturated rings. The molecule has 1 nitrogen and oxygen atoms in total. The number of hydrogen-bond acceptors (Lipinski definition) is 1. The summed E-state index contributed by atoms with van der Waals surface area (Å²) in [6.07, 6.45) is 4.95. The maximum atomic E-state index is 4.36. The van der Waals surface area contributed by atoms with Crippen LogP contribution in [0.25, 0.3) is 0 Å². The first-order valence-corrected chi connectivity index (χ1v) is 4.06. The van der Waals surface area contributed by atoms with Gasteiger partial charge in [-0.1, -0.05) is 19.6 Å². The molecule has 0 saturated heterocycles. The Balaban J connectivity index is 4.27. The minimum atomic E-state index is 0.895. The quantitative estimate of drug-likeness (QED) is 0.548. The van der Waals surface area contributed by atoms with Gasteiger partial charge in [0.25, 0.3) is 0 Å². The molecule has 0 N–H and O–H groups in total. The van der Waals surface area contributed by atoms with E-state index >= 15 is 0 Å². The van der Waals surface area contributed by atoms with Crippen molar-refractivity contribution in [3.05, 3.63) is 24.3 Å². The highest BCUT2D eigenvalue weighted by atomic mass is 14.7. The van der Waals surface area contributed by atoms with E-state index in [-0.39, 0.29) is 0 Å². The van der Waals surface area contributed by atoms with Crippen molar-refractivity contribution in [1.29, 1.82) is 0 Å². The van der Waals surface area contributed by atoms with Gasteiger partial charge in [0, 0.05) is 6.54 Å². The van der Waals surface area contributed by atoms with Crippen LogP contribution in [-0.2, 0) is 0 Å². The van der Waals surface area contributed by atoms with Gasteiger partial charge in [-0.15, -0.1) is 0 Å². The van der Waals surface area contributed by atoms with Crippen LogP contribution in [-0.4, -0.2) is 12.3 Å². The minimum absolute atomic E-state index is 0.895. The van der Waals surface area contributed by atoms with Gasteiger partial charge in [-0.2, -0.15) is 0 Å². The third kappa shape index (κ3) is 3.76. The van der Waals surface area contributed by atoms with Gasteiger partial charge in [0.15, 0.2) is 0 Å². The normalized spacial score (nSPS) is 13.4. The Morgan fingerprint density at radius 2 is 2.18 bits per heavy atom. The topological polar surface area (TPSA) is 12.4 Å². The molecular formula is C10H17N. The molecule has 0 aromatic heterocycles. The van der Waals surface area contributed by atoms with Crippen molar-refractivity contribution in [3.8, 4) is 0 Å². The Labute approximate surface area is 69.5 Å². The van der Waals surface area contributed by atoms with Crippen LogP contribution in [0.1, 0.15) is 27.2 Å². The molecule has 0 aromatic carbocycles. The van der Waals surface area contributed by atoms with Crippen LogP contribution in [0, 0.1) is 0 Å². The van der Waals surface area contributed by atoms with Crippen molar-refractivity contribution in [2.45, 2.75) is 27.2 Å². The SMILES string of the molecule is C=CC(=N\CCC)/C(C)=C/C. The maximum absolute atomic E-state index is 4.36. The van der Waals surface area contributed by atoms with Crippen molar-refractivity contribution in [3.63, 3.8) is 0 Å². The highest BCUT2D eigenvalue weighted by Crippen LogP contribution is 1.98. The van der Waals surface area contributed by atoms with E-state index in [1.165, 1.54) is 5.57 Å². The number of allylic oxidation sites excluding steroid dienone is 3. The molecule has 0 aliphatic heterocycles. The van der Waals surface area contributed by atoms with Gasteiger partial charge in [-0.25, -0.2) is 0 Å². The minimum Gasteiger partial charge on any atom is -0.285 e. The molecule has 11 heavy (non-hydrogen) atoms. The van der Waals surface area contributed by atoms with E-state index in [1.54, 1.807) is 0 Å². The molecule has 0 atom stereocenters. The molecule has 0 bridgehead atoms. The molecule has 0 aromatic rings. The molecular weight excluding hydrogens is 134 g/mol. The first-order valence-electron chi connectivity index (χ1n) is 4.06. The fourth-order valence-electron chi connectivity index (χ4n) is 0.730. The van der Waals surface area contributed by atoms with E-state index in [0.717, 1.165) is 18.7 Å². The molecule has 0 rings (SSSR count). The Morgan fingerprint density at radius 3 is 2.55 bits per heavy atom. The predicted octanol–water partition coefficient (Wildman–Crippen LogP) is 2.99. The molecule has 0 radical (unpaired) electrons. The molecule has 0 amide bonds. The van der Waals surface area contributed by atoms with Gasteiger partial charge in [0.2, 0.25) is 0 Å². The Hall–Kier alpha value is -0.850. The zero-order valence-corrected chi connectivity index (χ0v) is 7.72. The second kappa shape index (κ2) is 5.90. The third-order valence-corrected chi connectivity index (χ3v) is 1.54. The number of hydrogen-bond donors (Lipinski definition) is 0. The smallest absolute Gasteiger partial charge is 0.0594 e. The van der Waals surface area contributed by atoms with Crippen molar-refractivity contribution < 1.29 is 0 Å². The summed E-state index contributed by atoms with van der Waals surface area (Å²) < 4.78 is 0. The molecule has 0 spiro atoms. The second-order valence-electron chi connectivity index (χ2n) is 2.44. The Morgan fingerprint density at radius 1 is 1.55 bits per heavy atom. The van der Waals surface area contributed by atoms with E-state index in [4.69, 9.17) is 0 Å². The number of aliphatic imine (C=N–C) groups is 1. The largest absolute Gasteiger partial charge is 0.285 e. The molecule has 0 unspecified atom stereocenters. The molecule has 0 aliphatic rings. The second-order valence-corrected chi connectivity index (χ2v) is 2.44. The summed E-state index contributed by atoms with van der Waals surface area (Å²) in [5.74, 6) is 0. The first-order chi connectivity index (χ1) is 5.26. The molecule has 0 heterocycles. The molecule has 1 heteroatoms. The van der Waals surface area contributed by atoms with Crippen LogP contribution in [0.4, 0.5) is 0 Å². The van der Waals surface area contributed by atoms with Crippen molar-refractivity contribution >= 4 is 5.71 Å². The summed E-state index contributed by atoms with van der Waals surface area (Å²) >= 11 is 0. The zero-order valence-electron chi connectivity index (χ0n) is 7.72. The lowest BCUT2D eigenvalue weighted by Gasteiger charge is -1.99. The summed E-state index contributed by atoms with van der Waals surface area (Å²) in [7, 11) is 0. The van der Waals surface area contributed by atoms with Gasteiger partial charge >= 0.3 is 0 Å². The lowest BCUT2D eigenvalue weighted by molar-refractivity contribution is 0.933. The maximum Gasteiger partial charge on any atom is 0.0594 e. The van der Waals surface area contributed by atoms with E-state index in [9.17, 15) is 0 Å². The fraction of sp³-hybridized carbons (Fsp3) is 0.500. The standard InChI is InChI=1S/C10H17N/c1-5-8-11-10(7-3)9(4)6-2/h6-7H,3,5,8H2,1-2,4H3/b9-6+,11-10+. The van der Waals surface area contributed by atoms with Crippen molar-refractivity contribution in [2.24, 2.45) is 4.99 Å². The van der Waals surface area contributed by atoms with Crippen LogP contribution >= 0.6 is 0 Å². The Kier molecular flexibility index (Phi) is 5.44. The van der Waals surface area contributed by atoms with Crippen LogP contribution in [0.2, 0.25) is 0 Å². The summed E-state index contributed by atoms with van der Waals surface area (Å²) in [6, 6.07) is 0. The van der Waals surface area contributed by atoms with Crippen LogP contribution in [0.15, 0.2) is 29.3 Å². The highest BCUT2D eigenvalue weighted by molar-refractivity contribution is 6.07. The van der Waals surface area contributed by atoms with E-state index in [2.05, 4.69) is 31.5 Å². The van der Waals surface area contributed by atoms with Crippen molar-refractivity contribution in [1.82, 2.24) is 0 Å². The predicted molar refractivity (Wildman–Crippen MR) is 52.2 cm³/mol. The fourth-order valence-corrected chi connectivity index (χ4v) is 0.730. The van der Waals surface area contributed by atoms with E-state index < -0.39 is 0 Å². The lowest BCUT2D eigenvalue weighted by Crippen LogP contribution is -1.96. The average Bonchev–Trinajstić information content (AvgIpc) is 2.05. The van der Waals surface area contributed by atoms with Crippen LogP contribution in [0.5, 0.6) is 0 Å². The first kappa shape index (κ1) is 10.2. The van der Waals surface area contributed by atoms with Crippen LogP contribution in [0.3, 0.4) is 0 Å². The van der Waals surface area contributed by atoms with Crippen molar-refractivity contribution in [2.75, 3.05) is 6.54 Å². The molecule has 62 valence electrons. The summed E-state index contributed by atoms with van der Waals surface area (Å²) in [4.78, 5) is 4.36. The van der Waals surface area contributed by atoms with Gasteiger partial charge in [-0.3, -0.25) is 4.99 Å². The molecule has 0 aliphatic carbocycles. The number of nitrogens with zero attached hydrogens (tertiary/aromatic N) is 1. The summed E-state index contributed by atoms with van der Waals surface area (Å²) in [5.41, 5.74) is 2.22. The zero-order chi connectivity index (χ0) is 8.69. The summed E-state index contributed by atoms with van der Waals surface area (Å²) in [5, 5.41) is 0. The van der Waals surface area contributed by atoms with E-state index in [1.807, 2.05) is 13.0 Å². The van der Waals surface area contributed by atoms with Gasteiger partial charge in [0.05, 0.1) is 5.71 Å². The number of rotatable bonds is 4. The monoisotopic (exact) mass is 151 g/mol. The average molecular weight is 151 g/mol. The lowest BCUT2D eigenvalue weighted by atomic mass is 10.2. The van der Waals surface area contributed by atoms with Gasteiger partial charge in [0.1, 0.15) is 0 Å². The Bertz CT molecular complexity index is 175. The summed E-state index contributed by atoms with van der Waals surface area (Å²) in [6.45, 7) is 10.8. The van der Waals surface area contributed by atoms with Crippen LogP contribution < -0.4 is 0 Å². The van der Waals surface area contributed by atoms with Gasteiger partial charge < -0.3 is 0 Å². The third-order valence-electron chi connectivity index (χ3n) is 1.54. The molecule has 0 saturated carbocycles. The highest BCUT2D eigenvalue weighted by Gasteiger charge is 1.92. The van der Waals surface area contributed by atoms with Gasteiger partial charge in [-0.05, 0) is 31.9 Å².